The number of rotatable bonds is 5. The van der Waals surface area contributed by atoms with Crippen molar-refractivity contribution < 1.29 is 4.74 Å². The molecule has 1 N–H and O–H groups in total. The maximum atomic E-state index is 5.15. The molecule has 0 spiro atoms. The van der Waals surface area contributed by atoms with E-state index in [1.54, 1.807) is 25.7 Å². The van der Waals surface area contributed by atoms with Gasteiger partial charge in [0.15, 0.2) is 0 Å². The van der Waals surface area contributed by atoms with Crippen LogP contribution in [0.15, 0.2) is 42.9 Å². The van der Waals surface area contributed by atoms with Crippen molar-refractivity contribution in [2.24, 2.45) is 0 Å². The fraction of sp³-hybridized carbons (Fsp3) is 0.286. The quantitative estimate of drug-likeness (QED) is 0.872. The number of hydrogen-bond acceptors (Lipinski definition) is 4. The molecule has 18 heavy (non-hydrogen) atoms. The van der Waals surface area contributed by atoms with Gasteiger partial charge in [0.1, 0.15) is 5.75 Å². The highest BCUT2D eigenvalue weighted by Gasteiger charge is 2.11. The van der Waals surface area contributed by atoms with Gasteiger partial charge in [-0.15, -0.1) is 0 Å². The number of nitrogens with zero attached hydrogens (tertiary/aromatic N) is 2. The third kappa shape index (κ3) is 3.05. The van der Waals surface area contributed by atoms with Gasteiger partial charge in [-0.3, -0.25) is 9.97 Å². The molecule has 1 atom stereocenters. The van der Waals surface area contributed by atoms with Gasteiger partial charge in [-0.05, 0) is 31.2 Å². The molecular weight excluding hydrogens is 226 g/mol. The van der Waals surface area contributed by atoms with Gasteiger partial charge >= 0.3 is 0 Å². The Morgan fingerprint density at radius 1 is 1.22 bits per heavy atom. The molecule has 1 heterocycles. The van der Waals surface area contributed by atoms with E-state index < -0.39 is 0 Å². The Bertz CT molecular complexity index is 470. The molecule has 0 aliphatic rings. The Balaban J connectivity index is 2.10. The second kappa shape index (κ2) is 6.12. The van der Waals surface area contributed by atoms with Gasteiger partial charge < -0.3 is 10.1 Å². The van der Waals surface area contributed by atoms with Crippen LogP contribution >= 0.6 is 0 Å². The van der Waals surface area contributed by atoms with Gasteiger partial charge in [-0.1, -0.05) is 12.1 Å². The topological polar surface area (TPSA) is 47.0 Å². The van der Waals surface area contributed by atoms with E-state index in [0.717, 1.165) is 17.9 Å². The monoisotopic (exact) mass is 243 g/mol. The van der Waals surface area contributed by atoms with Crippen LogP contribution in [0.1, 0.15) is 17.3 Å². The molecule has 4 heteroatoms. The Labute approximate surface area is 107 Å². The van der Waals surface area contributed by atoms with Crippen molar-refractivity contribution in [3.05, 3.63) is 54.1 Å². The van der Waals surface area contributed by atoms with Gasteiger partial charge in [0.2, 0.25) is 0 Å². The largest absolute Gasteiger partial charge is 0.497 e. The SMILES string of the molecule is CNC(Cc1ccc(OC)cc1)c1cnccn1. The average molecular weight is 243 g/mol. The summed E-state index contributed by atoms with van der Waals surface area (Å²) in [4.78, 5) is 8.43. The van der Waals surface area contributed by atoms with Crippen molar-refractivity contribution >= 4 is 0 Å². The van der Waals surface area contributed by atoms with Crippen LogP contribution < -0.4 is 10.1 Å². The lowest BCUT2D eigenvalue weighted by molar-refractivity contribution is 0.414. The van der Waals surface area contributed by atoms with Crippen LogP contribution in [0.4, 0.5) is 0 Å². The summed E-state index contributed by atoms with van der Waals surface area (Å²) in [6.45, 7) is 0. The highest BCUT2D eigenvalue weighted by molar-refractivity contribution is 5.28. The lowest BCUT2D eigenvalue weighted by Crippen LogP contribution is -2.20. The molecule has 0 saturated carbocycles. The zero-order chi connectivity index (χ0) is 12.8. The first-order valence-electron chi connectivity index (χ1n) is 5.89. The first-order valence-corrected chi connectivity index (χ1v) is 5.89. The predicted octanol–water partition coefficient (Wildman–Crippen LogP) is 1.99. The first kappa shape index (κ1) is 12.5. The summed E-state index contributed by atoms with van der Waals surface area (Å²) >= 11 is 0. The van der Waals surface area contributed by atoms with Crippen LogP contribution in [-0.4, -0.2) is 24.1 Å². The molecule has 4 nitrogen and oxygen atoms in total. The van der Waals surface area contributed by atoms with E-state index in [1.165, 1.54) is 5.56 Å². The maximum absolute atomic E-state index is 5.15. The minimum Gasteiger partial charge on any atom is -0.497 e. The lowest BCUT2D eigenvalue weighted by Gasteiger charge is -2.15. The smallest absolute Gasteiger partial charge is 0.118 e. The molecule has 0 bridgehead atoms. The summed E-state index contributed by atoms with van der Waals surface area (Å²) in [6, 6.07) is 8.25. The zero-order valence-corrected chi connectivity index (χ0v) is 10.6. The Hall–Kier alpha value is -1.94. The lowest BCUT2D eigenvalue weighted by atomic mass is 10.0. The van der Waals surface area contributed by atoms with Crippen molar-refractivity contribution in [2.45, 2.75) is 12.5 Å². The second-order valence-corrected chi connectivity index (χ2v) is 4.02. The Morgan fingerprint density at radius 3 is 2.56 bits per heavy atom. The summed E-state index contributed by atoms with van der Waals surface area (Å²) in [7, 11) is 3.60. The van der Waals surface area contributed by atoms with Gasteiger partial charge in [-0.2, -0.15) is 0 Å². The molecule has 0 fully saturated rings. The van der Waals surface area contributed by atoms with E-state index in [9.17, 15) is 0 Å². The normalized spacial score (nSPS) is 12.1. The number of hydrogen-bond donors (Lipinski definition) is 1. The van der Waals surface area contributed by atoms with Crippen molar-refractivity contribution in [3.8, 4) is 5.75 Å². The van der Waals surface area contributed by atoms with Crippen LogP contribution in [0.3, 0.4) is 0 Å². The van der Waals surface area contributed by atoms with Gasteiger partial charge in [0, 0.05) is 18.6 Å². The average Bonchev–Trinajstić information content (AvgIpc) is 2.46. The van der Waals surface area contributed by atoms with Crippen LogP contribution in [-0.2, 0) is 6.42 Å². The molecule has 1 aromatic heterocycles. The van der Waals surface area contributed by atoms with Crippen molar-refractivity contribution in [2.75, 3.05) is 14.2 Å². The third-order valence-electron chi connectivity index (χ3n) is 2.89. The molecule has 0 aliphatic heterocycles. The van der Waals surface area contributed by atoms with Crippen molar-refractivity contribution in [1.82, 2.24) is 15.3 Å². The molecular formula is C14H17N3O. The highest BCUT2D eigenvalue weighted by atomic mass is 16.5. The fourth-order valence-corrected chi connectivity index (χ4v) is 1.84. The Kier molecular flexibility index (Phi) is 4.25. The fourth-order valence-electron chi connectivity index (χ4n) is 1.84. The molecule has 0 aliphatic carbocycles. The number of benzene rings is 1. The zero-order valence-electron chi connectivity index (χ0n) is 10.6. The molecule has 2 aromatic rings. The summed E-state index contributed by atoms with van der Waals surface area (Å²) in [5, 5.41) is 3.26. The Morgan fingerprint density at radius 2 is 2.00 bits per heavy atom. The van der Waals surface area contributed by atoms with E-state index in [1.807, 2.05) is 19.2 Å². The summed E-state index contributed by atoms with van der Waals surface area (Å²) in [5.41, 5.74) is 2.19. The van der Waals surface area contributed by atoms with Crippen LogP contribution in [0.2, 0.25) is 0 Å². The standard InChI is InChI=1S/C14H17N3O/c1-15-13(14-10-16-7-8-17-14)9-11-3-5-12(18-2)6-4-11/h3-8,10,13,15H,9H2,1-2H3. The number of nitrogens with one attached hydrogen (secondary N) is 1. The summed E-state index contributed by atoms with van der Waals surface area (Å²) < 4.78 is 5.15. The van der Waals surface area contributed by atoms with E-state index in [0.29, 0.717) is 0 Å². The van der Waals surface area contributed by atoms with E-state index in [-0.39, 0.29) is 6.04 Å². The molecule has 1 unspecified atom stereocenters. The van der Waals surface area contributed by atoms with Crippen LogP contribution in [0.5, 0.6) is 5.75 Å². The predicted molar refractivity (Wildman–Crippen MR) is 70.5 cm³/mol. The summed E-state index contributed by atoms with van der Waals surface area (Å²) in [5.74, 6) is 0.874. The number of methoxy groups -OCH3 is 1. The molecule has 0 radical (unpaired) electrons. The number of ether oxygens (including phenoxy) is 1. The molecule has 1 aromatic carbocycles. The minimum absolute atomic E-state index is 0.173. The molecule has 0 amide bonds. The van der Waals surface area contributed by atoms with Crippen LogP contribution in [0.25, 0.3) is 0 Å². The van der Waals surface area contributed by atoms with E-state index in [4.69, 9.17) is 4.74 Å². The molecule has 2 rings (SSSR count). The second-order valence-electron chi connectivity index (χ2n) is 4.02. The van der Waals surface area contributed by atoms with Gasteiger partial charge in [0.25, 0.3) is 0 Å². The molecule has 94 valence electrons. The maximum Gasteiger partial charge on any atom is 0.118 e. The number of aromatic nitrogens is 2. The van der Waals surface area contributed by atoms with Crippen molar-refractivity contribution in [3.63, 3.8) is 0 Å². The highest BCUT2D eigenvalue weighted by Crippen LogP contribution is 2.18. The number of likely N-dealkylation sites (N-methyl/N-ethyl adjacent to an activating group) is 1. The third-order valence-corrected chi connectivity index (χ3v) is 2.89. The van der Waals surface area contributed by atoms with Gasteiger partial charge in [-0.25, -0.2) is 0 Å². The van der Waals surface area contributed by atoms with E-state index >= 15 is 0 Å². The molecule has 0 saturated heterocycles. The van der Waals surface area contributed by atoms with Gasteiger partial charge in [0.05, 0.1) is 18.8 Å². The minimum atomic E-state index is 0.173. The van der Waals surface area contributed by atoms with E-state index in [2.05, 4.69) is 27.4 Å². The summed E-state index contributed by atoms with van der Waals surface area (Å²) in [6.07, 6.45) is 6.07. The van der Waals surface area contributed by atoms with Crippen molar-refractivity contribution in [1.29, 1.82) is 0 Å². The first-order chi connectivity index (χ1) is 8.83. The van der Waals surface area contributed by atoms with Crippen LogP contribution in [0, 0.1) is 0 Å².